The molecule has 60 heavy (non-hydrogen) atoms. The summed E-state index contributed by atoms with van der Waals surface area (Å²) in [6.07, 6.45) is 0. The number of para-hydroxylation sites is 1. The molecule has 11 aromatic rings. The largest absolute Gasteiger partial charge is 0.248 e. The maximum atomic E-state index is 5.47. The van der Waals surface area contributed by atoms with E-state index in [0.717, 1.165) is 66.4 Å². The van der Waals surface area contributed by atoms with Gasteiger partial charge in [0.05, 0.1) is 22.4 Å². The smallest absolute Gasteiger partial charge is 0.0794 e. The van der Waals surface area contributed by atoms with Gasteiger partial charge in [-0.1, -0.05) is 206 Å². The van der Waals surface area contributed by atoms with Crippen LogP contribution in [0.25, 0.3) is 111 Å². The normalized spacial score (nSPS) is 11.3. The molecule has 0 saturated heterocycles. The summed E-state index contributed by atoms with van der Waals surface area (Å²) in [6, 6.07) is 82.3. The molecule has 0 spiro atoms. The van der Waals surface area contributed by atoms with E-state index in [1.54, 1.807) is 0 Å². The summed E-state index contributed by atoms with van der Waals surface area (Å²) in [5.74, 6) is 0. The van der Waals surface area contributed by atoms with Crippen LogP contribution >= 0.6 is 0 Å². The van der Waals surface area contributed by atoms with Gasteiger partial charge in [0.2, 0.25) is 0 Å². The van der Waals surface area contributed by atoms with E-state index in [-0.39, 0.29) is 0 Å². The highest BCUT2D eigenvalue weighted by molar-refractivity contribution is 6.16. The van der Waals surface area contributed by atoms with Gasteiger partial charge < -0.3 is 0 Å². The van der Waals surface area contributed by atoms with Crippen LogP contribution in [-0.4, -0.2) is 9.97 Å². The molecule has 0 saturated carbocycles. The van der Waals surface area contributed by atoms with Crippen LogP contribution in [0.5, 0.6) is 0 Å². The van der Waals surface area contributed by atoms with Gasteiger partial charge in [-0.05, 0) is 85.3 Å². The highest BCUT2D eigenvalue weighted by atomic mass is 14.7. The average Bonchev–Trinajstić information content (AvgIpc) is 3.34. The molecule has 0 bridgehead atoms. The summed E-state index contributed by atoms with van der Waals surface area (Å²) in [4.78, 5) is 10.6. The van der Waals surface area contributed by atoms with Gasteiger partial charge in [-0.15, -0.1) is 0 Å². The van der Waals surface area contributed by atoms with Crippen molar-refractivity contribution in [2.45, 2.75) is 0 Å². The van der Waals surface area contributed by atoms with Crippen molar-refractivity contribution >= 4 is 32.6 Å². The Kier molecular flexibility index (Phi) is 8.87. The lowest BCUT2D eigenvalue weighted by Gasteiger charge is -2.16. The minimum absolute atomic E-state index is 0.948. The number of nitrogens with zero attached hydrogens (tertiary/aromatic N) is 2. The Morgan fingerprint density at radius 1 is 0.217 bits per heavy atom. The molecule has 0 N–H and O–H groups in total. The first-order valence-electron chi connectivity index (χ1n) is 20.5. The Labute approximate surface area is 349 Å². The lowest BCUT2D eigenvalue weighted by Crippen LogP contribution is -1.94. The predicted octanol–water partition coefficient (Wildman–Crippen LogP) is 15.6. The number of benzene rings is 9. The van der Waals surface area contributed by atoms with Crippen molar-refractivity contribution in [2.75, 3.05) is 0 Å². The van der Waals surface area contributed by atoms with Crippen LogP contribution < -0.4 is 0 Å². The van der Waals surface area contributed by atoms with E-state index >= 15 is 0 Å². The van der Waals surface area contributed by atoms with Gasteiger partial charge in [-0.2, -0.15) is 0 Å². The van der Waals surface area contributed by atoms with Crippen LogP contribution in [0.15, 0.2) is 231 Å². The molecule has 2 nitrogen and oxygen atoms in total. The van der Waals surface area contributed by atoms with Crippen LogP contribution in [0.2, 0.25) is 0 Å². The van der Waals surface area contributed by atoms with Crippen molar-refractivity contribution in [1.82, 2.24) is 9.97 Å². The predicted molar refractivity (Wildman–Crippen MR) is 253 cm³/mol. The zero-order chi connectivity index (χ0) is 39.8. The SMILES string of the molecule is c1ccc(-c2ccc(-c3cc(-c4ccc(-c5ccccc5)cc4)c4cc(-c5ccc(-c6cc(-c7ccccc7)c7ccccc7n6)cc5)c5ccccc5c4n3)cc2)cc1. The molecule has 0 aliphatic carbocycles. The standard InChI is InChI=1S/C58H38N2/c1-4-14-39(15-5-1)41-24-28-45(29-25-41)53-38-57(47-32-26-42(27-33-47)40-16-6-2-7-17-40)60-58-50-22-11-10-20-48(50)51(36-54(53)58)44-30-34-46(35-31-44)56-37-52(43-18-8-3-9-19-43)49-21-12-13-23-55(49)59-56/h1-38H. The van der Waals surface area contributed by atoms with Gasteiger partial charge >= 0.3 is 0 Å². The van der Waals surface area contributed by atoms with Crippen molar-refractivity contribution in [3.63, 3.8) is 0 Å². The van der Waals surface area contributed by atoms with Crippen LogP contribution in [0.3, 0.4) is 0 Å². The maximum Gasteiger partial charge on any atom is 0.0794 e. The second-order valence-electron chi connectivity index (χ2n) is 15.3. The molecule has 0 aliphatic heterocycles. The highest BCUT2D eigenvalue weighted by Gasteiger charge is 2.17. The first-order chi connectivity index (χ1) is 29.7. The molecule has 0 fully saturated rings. The molecular formula is C58H38N2. The zero-order valence-corrected chi connectivity index (χ0v) is 32.8. The molecule has 0 aliphatic rings. The van der Waals surface area contributed by atoms with Crippen molar-refractivity contribution in [3.8, 4) is 78.1 Å². The molecule has 2 heterocycles. The van der Waals surface area contributed by atoms with E-state index in [4.69, 9.17) is 9.97 Å². The summed E-state index contributed by atoms with van der Waals surface area (Å²) < 4.78 is 0. The third-order valence-electron chi connectivity index (χ3n) is 11.7. The summed E-state index contributed by atoms with van der Waals surface area (Å²) >= 11 is 0. The van der Waals surface area contributed by atoms with E-state index in [0.29, 0.717) is 0 Å². The van der Waals surface area contributed by atoms with E-state index in [2.05, 4.69) is 231 Å². The Balaban J connectivity index is 1.06. The first-order valence-corrected chi connectivity index (χ1v) is 20.5. The number of hydrogen-bond acceptors (Lipinski definition) is 2. The molecule has 0 amide bonds. The molecule has 2 heteroatoms. The van der Waals surface area contributed by atoms with E-state index in [9.17, 15) is 0 Å². The second-order valence-corrected chi connectivity index (χ2v) is 15.3. The number of pyridine rings is 2. The van der Waals surface area contributed by atoms with Gasteiger partial charge in [-0.3, -0.25) is 0 Å². The number of aromatic nitrogens is 2. The average molecular weight is 763 g/mol. The monoisotopic (exact) mass is 762 g/mol. The van der Waals surface area contributed by atoms with E-state index < -0.39 is 0 Å². The molecule has 9 aromatic carbocycles. The fourth-order valence-corrected chi connectivity index (χ4v) is 8.62. The van der Waals surface area contributed by atoms with Gasteiger partial charge in [0, 0.05) is 27.3 Å². The molecule has 2 aromatic heterocycles. The van der Waals surface area contributed by atoms with Gasteiger partial charge in [0.15, 0.2) is 0 Å². The summed E-state index contributed by atoms with van der Waals surface area (Å²) in [7, 11) is 0. The summed E-state index contributed by atoms with van der Waals surface area (Å²) in [5.41, 5.74) is 17.8. The van der Waals surface area contributed by atoms with Crippen LogP contribution in [0.4, 0.5) is 0 Å². The lowest BCUT2D eigenvalue weighted by molar-refractivity contribution is 1.40. The molecule has 0 unspecified atom stereocenters. The van der Waals surface area contributed by atoms with Gasteiger partial charge in [-0.25, -0.2) is 9.97 Å². The quantitative estimate of drug-likeness (QED) is 0.151. The Morgan fingerprint density at radius 2 is 0.567 bits per heavy atom. The third kappa shape index (κ3) is 6.51. The molecule has 280 valence electrons. The van der Waals surface area contributed by atoms with Crippen LogP contribution in [0.1, 0.15) is 0 Å². The molecule has 11 rings (SSSR count). The van der Waals surface area contributed by atoms with Crippen molar-refractivity contribution in [2.24, 2.45) is 0 Å². The Bertz CT molecular complexity index is 3300. The summed E-state index contributed by atoms with van der Waals surface area (Å²) in [6.45, 7) is 0. The number of fused-ring (bicyclic) bond motifs is 4. The minimum atomic E-state index is 0.948. The second kappa shape index (κ2) is 15.1. The molecular weight excluding hydrogens is 725 g/mol. The van der Waals surface area contributed by atoms with Crippen molar-refractivity contribution in [3.05, 3.63) is 231 Å². The van der Waals surface area contributed by atoms with E-state index in [1.807, 2.05) is 0 Å². The topological polar surface area (TPSA) is 25.8 Å². The fraction of sp³-hybridized carbons (Fsp3) is 0. The maximum absolute atomic E-state index is 5.47. The van der Waals surface area contributed by atoms with E-state index in [1.165, 1.54) is 44.3 Å². The number of hydrogen-bond donors (Lipinski definition) is 0. The van der Waals surface area contributed by atoms with Crippen LogP contribution in [-0.2, 0) is 0 Å². The summed E-state index contributed by atoms with van der Waals surface area (Å²) in [5, 5.41) is 4.57. The van der Waals surface area contributed by atoms with Crippen molar-refractivity contribution < 1.29 is 0 Å². The highest BCUT2D eigenvalue weighted by Crippen LogP contribution is 2.41. The van der Waals surface area contributed by atoms with Gasteiger partial charge in [0.1, 0.15) is 0 Å². The first kappa shape index (κ1) is 35.2. The Hall–Kier alpha value is -7.94. The fourth-order valence-electron chi connectivity index (χ4n) is 8.62. The lowest BCUT2D eigenvalue weighted by atomic mass is 9.90. The zero-order valence-electron chi connectivity index (χ0n) is 32.8. The number of rotatable bonds is 7. The molecule has 0 radical (unpaired) electrons. The van der Waals surface area contributed by atoms with Crippen LogP contribution in [0, 0.1) is 0 Å². The minimum Gasteiger partial charge on any atom is -0.248 e. The molecule has 0 atom stereocenters. The van der Waals surface area contributed by atoms with Crippen molar-refractivity contribution in [1.29, 1.82) is 0 Å². The third-order valence-corrected chi connectivity index (χ3v) is 11.7. The Morgan fingerprint density at radius 3 is 1.12 bits per heavy atom. The van der Waals surface area contributed by atoms with Gasteiger partial charge in [0.25, 0.3) is 0 Å².